The molecule has 3 rings (SSSR count). The zero-order valence-corrected chi connectivity index (χ0v) is 14.6. The zero-order valence-electron chi connectivity index (χ0n) is 11.4. The molecule has 2 heterocycles. The summed E-state index contributed by atoms with van der Waals surface area (Å²) in [5, 5.41) is 6.27. The molecule has 0 fully saturated rings. The fourth-order valence-electron chi connectivity index (χ4n) is 1.81. The Morgan fingerprint density at radius 2 is 2.27 bits per heavy atom. The van der Waals surface area contributed by atoms with Crippen molar-refractivity contribution in [3.63, 3.8) is 0 Å². The van der Waals surface area contributed by atoms with Crippen molar-refractivity contribution in [3.05, 3.63) is 51.6 Å². The number of thiophene rings is 1. The zero-order chi connectivity index (χ0) is 15.5. The molecule has 22 heavy (non-hydrogen) atoms. The lowest BCUT2D eigenvalue weighted by atomic mass is 10.2. The standard InChI is InChI=1S/C15H10BrClN2O2S/c1-20-12-5-4-9(7-10(12)16)8-11(17)15-18-14(19-21-15)13-3-2-6-22-13/h2-8H,1H3/b11-8-. The first kappa shape index (κ1) is 15.3. The van der Waals surface area contributed by atoms with Gasteiger partial charge in [-0.3, -0.25) is 0 Å². The summed E-state index contributed by atoms with van der Waals surface area (Å²) >= 11 is 11.2. The summed E-state index contributed by atoms with van der Waals surface area (Å²) in [5.41, 5.74) is 0.897. The van der Waals surface area contributed by atoms with Crippen LogP contribution in [-0.2, 0) is 0 Å². The molecule has 0 aliphatic carbocycles. The van der Waals surface area contributed by atoms with Crippen molar-refractivity contribution in [2.45, 2.75) is 0 Å². The number of nitrogens with zero attached hydrogens (tertiary/aromatic N) is 2. The minimum Gasteiger partial charge on any atom is -0.496 e. The molecule has 7 heteroatoms. The maximum atomic E-state index is 6.26. The van der Waals surface area contributed by atoms with Gasteiger partial charge in [0.2, 0.25) is 5.82 Å². The summed E-state index contributed by atoms with van der Waals surface area (Å²) < 4.78 is 11.2. The molecule has 0 bridgehead atoms. The van der Waals surface area contributed by atoms with Gasteiger partial charge in [0.15, 0.2) is 0 Å². The number of benzene rings is 1. The molecule has 0 saturated heterocycles. The minimum atomic E-state index is 0.289. The highest BCUT2D eigenvalue weighted by Crippen LogP contribution is 2.29. The normalized spacial score (nSPS) is 11.7. The topological polar surface area (TPSA) is 48.2 Å². The Balaban J connectivity index is 1.87. The van der Waals surface area contributed by atoms with E-state index < -0.39 is 0 Å². The third-order valence-corrected chi connectivity index (χ3v) is 4.60. The van der Waals surface area contributed by atoms with Gasteiger partial charge in [-0.05, 0) is 51.1 Å². The second-order valence-electron chi connectivity index (χ2n) is 4.29. The van der Waals surface area contributed by atoms with Gasteiger partial charge >= 0.3 is 0 Å². The molecule has 0 amide bonds. The van der Waals surface area contributed by atoms with E-state index in [1.165, 1.54) is 0 Å². The number of hydrogen-bond acceptors (Lipinski definition) is 5. The average Bonchev–Trinajstić information content (AvgIpc) is 3.18. The Hall–Kier alpha value is -1.63. The molecular formula is C15H10BrClN2O2S. The number of ether oxygens (including phenoxy) is 1. The maximum absolute atomic E-state index is 6.26. The van der Waals surface area contributed by atoms with Gasteiger partial charge in [-0.25, -0.2) is 0 Å². The Morgan fingerprint density at radius 3 is 2.95 bits per heavy atom. The lowest BCUT2D eigenvalue weighted by molar-refractivity contribution is 0.410. The monoisotopic (exact) mass is 396 g/mol. The Labute approximate surface area is 144 Å². The molecule has 0 aliphatic rings. The maximum Gasteiger partial charge on any atom is 0.269 e. The van der Waals surface area contributed by atoms with E-state index in [9.17, 15) is 0 Å². The molecule has 0 aliphatic heterocycles. The second kappa shape index (κ2) is 6.64. The molecular weight excluding hydrogens is 388 g/mol. The quantitative estimate of drug-likeness (QED) is 0.599. The van der Waals surface area contributed by atoms with Crippen molar-refractivity contribution in [1.82, 2.24) is 10.1 Å². The molecule has 4 nitrogen and oxygen atoms in total. The van der Waals surface area contributed by atoms with Crippen molar-refractivity contribution >= 4 is 50.0 Å². The first-order chi connectivity index (χ1) is 10.7. The van der Waals surface area contributed by atoms with E-state index >= 15 is 0 Å². The summed E-state index contributed by atoms with van der Waals surface area (Å²) in [6.07, 6.45) is 1.76. The Bertz CT molecular complexity index is 815. The highest BCUT2D eigenvalue weighted by atomic mass is 79.9. The summed E-state index contributed by atoms with van der Waals surface area (Å²) in [7, 11) is 1.62. The predicted molar refractivity (Wildman–Crippen MR) is 92.0 cm³/mol. The number of hydrogen-bond donors (Lipinski definition) is 0. The second-order valence-corrected chi connectivity index (χ2v) is 6.50. The van der Waals surface area contributed by atoms with E-state index in [2.05, 4.69) is 26.1 Å². The molecule has 2 aromatic heterocycles. The summed E-state index contributed by atoms with van der Waals surface area (Å²) in [4.78, 5) is 5.24. The van der Waals surface area contributed by atoms with Crippen LogP contribution in [0.3, 0.4) is 0 Å². The molecule has 0 N–H and O–H groups in total. The van der Waals surface area contributed by atoms with Gasteiger partial charge in [0, 0.05) is 0 Å². The van der Waals surface area contributed by atoms with Gasteiger partial charge in [0.25, 0.3) is 5.89 Å². The largest absolute Gasteiger partial charge is 0.496 e. The summed E-state index contributed by atoms with van der Waals surface area (Å²) in [5.74, 6) is 1.58. The summed E-state index contributed by atoms with van der Waals surface area (Å²) in [6.45, 7) is 0. The van der Waals surface area contributed by atoms with E-state index in [1.807, 2.05) is 35.7 Å². The highest BCUT2D eigenvalue weighted by Gasteiger charge is 2.12. The van der Waals surface area contributed by atoms with Gasteiger partial charge in [-0.1, -0.05) is 28.9 Å². The molecule has 0 radical (unpaired) electrons. The SMILES string of the molecule is COc1ccc(/C=C(\Cl)c2nc(-c3cccs3)no2)cc1Br. The smallest absolute Gasteiger partial charge is 0.269 e. The van der Waals surface area contributed by atoms with Crippen LogP contribution in [-0.4, -0.2) is 17.3 Å². The van der Waals surface area contributed by atoms with E-state index in [0.717, 1.165) is 20.7 Å². The molecule has 3 aromatic rings. The van der Waals surface area contributed by atoms with Gasteiger partial charge in [-0.15, -0.1) is 11.3 Å². The lowest BCUT2D eigenvalue weighted by Crippen LogP contribution is -1.85. The average molecular weight is 398 g/mol. The molecule has 0 spiro atoms. The van der Waals surface area contributed by atoms with Gasteiger partial charge in [0.1, 0.15) is 10.8 Å². The molecule has 0 unspecified atom stereocenters. The molecule has 0 atom stereocenters. The third-order valence-electron chi connectivity index (χ3n) is 2.84. The van der Waals surface area contributed by atoms with Crippen LogP contribution in [0.2, 0.25) is 0 Å². The van der Waals surface area contributed by atoms with E-state index in [4.69, 9.17) is 20.9 Å². The van der Waals surface area contributed by atoms with Crippen LogP contribution in [0.15, 0.2) is 44.7 Å². The van der Waals surface area contributed by atoms with Crippen molar-refractivity contribution in [3.8, 4) is 16.5 Å². The number of halogens is 2. The van der Waals surface area contributed by atoms with Gasteiger partial charge in [0.05, 0.1) is 16.5 Å². The van der Waals surface area contributed by atoms with E-state index in [-0.39, 0.29) is 5.89 Å². The van der Waals surface area contributed by atoms with Crippen LogP contribution in [0, 0.1) is 0 Å². The Kier molecular flexibility index (Phi) is 4.61. The van der Waals surface area contributed by atoms with E-state index in [0.29, 0.717) is 10.9 Å². The van der Waals surface area contributed by atoms with Crippen molar-refractivity contribution < 1.29 is 9.26 Å². The minimum absolute atomic E-state index is 0.289. The number of methoxy groups -OCH3 is 1. The van der Waals surface area contributed by atoms with Crippen molar-refractivity contribution in [2.75, 3.05) is 7.11 Å². The van der Waals surface area contributed by atoms with Crippen LogP contribution < -0.4 is 4.74 Å². The third kappa shape index (κ3) is 3.24. The highest BCUT2D eigenvalue weighted by molar-refractivity contribution is 9.10. The Morgan fingerprint density at radius 1 is 1.41 bits per heavy atom. The van der Waals surface area contributed by atoms with E-state index in [1.54, 1.807) is 24.5 Å². The fraction of sp³-hybridized carbons (Fsp3) is 0.0667. The van der Waals surface area contributed by atoms with Crippen molar-refractivity contribution in [2.24, 2.45) is 0 Å². The molecule has 0 saturated carbocycles. The predicted octanol–water partition coefficient (Wildman–Crippen LogP) is 5.31. The van der Waals surface area contributed by atoms with Crippen LogP contribution >= 0.6 is 38.9 Å². The van der Waals surface area contributed by atoms with Crippen LogP contribution in [0.25, 0.3) is 21.8 Å². The first-order valence-electron chi connectivity index (χ1n) is 6.26. The fourth-order valence-corrected chi connectivity index (χ4v) is 3.22. The summed E-state index contributed by atoms with van der Waals surface area (Å²) in [6, 6.07) is 9.51. The van der Waals surface area contributed by atoms with Crippen LogP contribution in [0.1, 0.15) is 11.5 Å². The van der Waals surface area contributed by atoms with Crippen LogP contribution in [0.5, 0.6) is 5.75 Å². The number of aromatic nitrogens is 2. The van der Waals surface area contributed by atoms with Gasteiger partial charge in [-0.2, -0.15) is 4.98 Å². The van der Waals surface area contributed by atoms with Gasteiger partial charge < -0.3 is 9.26 Å². The number of rotatable bonds is 4. The first-order valence-corrected chi connectivity index (χ1v) is 8.31. The van der Waals surface area contributed by atoms with Crippen LogP contribution in [0.4, 0.5) is 0 Å². The molecule has 1 aromatic carbocycles. The van der Waals surface area contributed by atoms with Crippen molar-refractivity contribution in [1.29, 1.82) is 0 Å². The lowest BCUT2D eigenvalue weighted by Gasteiger charge is -2.03. The molecule has 112 valence electrons.